The van der Waals surface area contributed by atoms with Crippen LogP contribution in [0, 0.1) is 12.8 Å². The van der Waals surface area contributed by atoms with Crippen LogP contribution in [0.25, 0.3) is 0 Å². The van der Waals surface area contributed by atoms with E-state index in [1.807, 2.05) is 26.8 Å². The molecule has 0 aliphatic rings. The van der Waals surface area contributed by atoms with Crippen LogP contribution in [0.3, 0.4) is 0 Å². The maximum absolute atomic E-state index is 12.4. The molecule has 0 aliphatic carbocycles. The highest BCUT2D eigenvalue weighted by atomic mass is 16.3. The third-order valence-electron chi connectivity index (χ3n) is 4.28. The molecule has 2 aromatic rings. The molecule has 2 aromatic carbocycles. The van der Waals surface area contributed by atoms with E-state index in [9.17, 15) is 14.7 Å². The molecule has 5 nitrogen and oxygen atoms in total. The Kier molecular flexibility index (Phi) is 6.31. The molecule has 0 spiro atoms. The lowest BCUT2D eigenvalue weighted by Gasteiger charge is -2.19. The van der Waals surface area contributed by atoms with Gasteiger partial charge in [-0.3, -0.25) is 9.59 Å². The quantitative estimate of drug-likeness (QED) is 0.756. The van der Waals surface area contributed by atoms with Gasteiger partial charge >= 0.3 is 0 Å². The van der Waals surface area contributed by atoms with E-state index in [4.69, 9.17) is 0 Å². The van der Waals surface area contributed by atoms with Crippen LogP contribution < -0.4 is 10.6 Å². The third-order valence-corrected chi connectivity index (χ3v) is 4.28. The number of hydrogen-bond acceptors (Lipinski definition) is 3. The number of rotatable bonds is 6. The molecule has 25 heavy (non-hydrogen) atoms. The average Bonchev–Trinajstić information content (AvgIpc) is 2.63. The van der Waals surface area contributed by atoms with E-state index < -0.39 is 0 Å². The number of carbonyl (C=O) groups excluding carboxylic acids is 2. The van der Waals surface area contributed by atoms with E-state index in [1.165, 1.54) is 0 Å². The van der Waals surface area contributed by atoms with Gasteiger partial charge in [-0.05, 0) is 49.6 Å². The zero-order valence-electron chi connectivity index (χ0n) is 14.7. The molecule has 2 rings (SSSR count). The average molecular weight is 340 g/mol. The highest BCUT2D eigenvalue weighted by Crippen LogP contribution is 2.18. The van der Waals surface area contributed by atoms with Gasteiger partial charge < -0.3 is 15.7 Å². The van der Waals surface area contributed by atoms with Crippen LogP contribution in [0.4, 0.5) is 5.69 Å². The fourth-order valence-corrected chi connectivity index (χ4v) is 2.27. The molecule has 2 atom stereocenters. The molecule has 3 N–H and O–H groups in total. The van der Waals surface area contributed by atoms with Crippen molar-refractivity contribution in [1.82, 2.24) is 5.32 Å². The van der Waals surface area contributed by atoms with E-state index in [-0.39, 0.29) is 30.4 Å². The molecule has 0 heterocycles. The highest BCUT2D eigenvalue weighted by molar-refractivity contribution is 6.05. The van der Waals surface area contributed by atoms with Crippen LogP contribution in [0.15, 0.2) is 48.5 Å². The summed E-state index contributed by atoms with van der Waals surface area (Å²) in [6.07, 6.45) is 0. The van der Waals surface area contributed by atoms with Gasteiger partial charge in [-0.1, -0.05) is 31.2 Å². The zero-order valence-corrected chi connectivity index (χ0v) is 14.7. The predicted octanol–water partition coefficient (Wildman–Crippen LogP) is 2.99. The minimum Gasteiger partial charge on any atom is -0.396 e. The van der Waals surface area contributed by atoms with Gasteiger partial charge in [0, 0.05) is 29.5 Å². The summed E-state index contributed by atoms with van der Waals surface area (Å²) in [5.41, 5.74) is 2.50. The monoisotopic (exact) mass is 340 g/mol. The summed E-state index contributed by atoms with van der Waals surface area (Å²) in [5, 5.41) is 14.9. The Morgan fingerprint density at radius 1 is 1.00 bits per heavy atom. The molecular weight excluding hydrogens is 316 g/mol. The van der Waals surface area contributed by atoms with Crippen LogP contribution in [0.5, 0.6) is 0 Å². The van der Waals surface area contributed by atoms with Gasteiger partial charge in [0.05, 0.1) is 0 Å². The summed E-state index contributed by atoms with van der Waals surface area (Å²) < 4.78 is 0. The van der Waals surface area contributed by atoms with Gasteiger partial charge in [-0.25, -0.2) is 0 Å². The van der Waals surface area contributed by atoms with E-state index >= 15 is 0 Å². The van der Waals surface area contributed by atoms with Crippen molar-refractivity contribution in [3.8, 4) is 0 Å². The first-order valence-corrected chi connectivity index (χ1v) is 8.31. The number of anilines is 1. The molecule has 2 unspecified atom stereocenters. The van der Waals surface area contributed by atoms with Crippen molar-refractivity contribution >= 4 is 17.5 Å². The number of nitrogens with one attached hydrogen (secondary N) is 2. The minimum atomic E-state index is -0.233. The Balaban J connectivity index is 2.14. The lowest BCUT2D eigenvalue weighted by molar-refractivity contribution is 0.0915. The van der Waals surface area contributed by atoms with Crippen LogP contribution in [-0.2, 0) is 0 Å². The van der Waals surface area contributed by atoms with E-state index in [1.54, 1.807) is 42.5 Å². The van der Waals surface area contributed by atoms with Gasteiger partial charge in [0.25, 0.3) is 11.8 Å². The Morgan fingerprint density at radius 3 is 2.32 bits per heavy atom. The summed E-state index contributed by atoms with van der Waals surface area (Å²) in [7, 11) is 0. The fraction of sp³-hybridized carbons (Fsp3) is 0.300. The molecule has 0 radical (unpaired) electrons. The maximum Gasteiger partial charge on any atom is 0.255 e. The summed E-state index contributed by atoms with van der Waals surface area (Å²) in [5.74, 6) is -0.488. The van der Waals surface area contributed by atoms with E-state index in [0.29, 0.717) is 16.8 Å². The van der Waals surface area contributed by atoms with Crippen molar-refractivity contribution in [2.45, 2.75) is 26.8 Å². The molecule has 0 bridgehead atoms. The van der Waals surface area contributed by atoms with Crippen LogP contribution in [-0.4, -0.2) is 29.6 Å². The van der Waals surface area contributed by atoms with Gasteiger partial charge in [-0.2, -0.15) is 0 Å². The topological polar surface area (TPSA) is 78.4 Å². The first-order chi connectivity index (χ1) is 11.9. The Labute approximate surface area is 148 Å². The number of aliphatic hydroxyl groups is 1. The molecule has 0 aromatic heterocycles. The number of aliphatic hydroxyl groups excluding tert-OH is 1. The molecule has 2 amide bonds. The minimum absolute atomic E-state index is 0.00767. The highest BCUT2D eigenvalue weighted by Gasteiger charge is 2.16. The fourth-order valence-electron chi connectivity index (χ4n) is 2.27. The SMILES string of the molecule is Cc1ccc(C(=O)NC(C)C(C)CO)cc1NC(=O)c1ccccc1. The second kappa shape index (κ2) is 8.44. The van der Waals surface area contributed by atoms with Gasteiger partial charge in [0.15, 0.2) is 0 Å². The number of carbonyl (C=O) groups is 2. The van der Waals surface area contributed by atoms with Crippen molar-refractivity contribution in [2.75, 3.05) is 11.9 Å². The number of benzene rings is 2. The number of amides is 2. The van der Waals surface area contributed by atoms with E-state index in [2.05, 4.69) is 10.6 Å². The Bertz CT molecular complexity index is 744. The number of aryl methyl sites for hydroxylation is 1. The molecular formula is C20H24N2O3. The van der Waals surface area contributed by atoms with Gasteiger partial charge in [0.2, 0.25) is 0 Å². The van der Waals surface area contributed by atoms with Crippen molar-refractivity contribution in [3.05, 3.63) is 65.2 Å². The molecule has 0 aliphatic heterocycles. The Hall–Kier alpha value is -2.66. The molecule has 132 valence electrons. The second-order valence-electron chi connectivity index (χ2n) is 6.27. The van der Waals surface area contributed by atoms with Crippen molar-refractivity contribution < 1.29 is 14.7 Å². The maximum atomic E-state index is 12.4. The van der Waals surface area contributed by atoms with Crippen LogP contribution in [0.2, 0.25) is 0 Å². The molecule has 0 fully saturated rings. The standard InChI is InChI=1S/C20H24N2O3/c1-13-9-10-17(20(25)21-15(3)14(2)12-23)11-18(13)22-19(24)16-7-5-4-6-8-16/h4-11,14-15,23H,12H2,1-3H3,(H,21,25)(H,22,24). The number of hydrogen-bond donors (Lipinski definition) is 3. The smallest absolute Gasteiger partial charge is 0.255 e. The summed E-state index contributed by atoms with van der Waals surface area (Å²) in [4.78, 5) is 24.7. The molecule has 0 saturated heterocycles. The molecule has 0 saturated carbocycles. The first-order valence-electron chi connectivity index (χ1n) is 8.31. The summed E-state index contributed by atoms with van der Waals surface area (Å²) >= 11 is 0. The van der Waals surface area contributed by atoms with Gasteiger partial charge in [0.1, 0.15) is 0 Å². The lowest BCUT2D eigenvalue weighted by Crippen LogP contribution is -2.38. The van der Waals surface area contributed by atoms with Crippen molar-refractivity contribution in [3.63, 3.8) is 0 Å². The zero-order chi connectivity index (χ0) is 18.4. The van der Waals surface area contributed by atoms with Crippen LogP contribution in [0.1, 0.15) is 40.1 Å². The van der Waals surface area contributed by atoms with Gasteiger partial charge in [-0.15, -0.1) is 0 Å². The predicted molar refractivity (Wildman–Crippen MR) is 98.8 cm³/mol. The third kappa shape index (κ3) is 4.90. The van der Waals surface area contributed by atoms with Crippen molar-refractivity contribution in [2.24, 2.45) is 5.92 Å². The largest absolute Gasteiger partial charge is 0.396 e. The normalized spacial score (nSPS) is 13.0. The summed E-state index contributed by atoms with van der Waals surface area (Å²) in [6, 6.07) is 14.0. The molecule has 5 heteroatoms. The van der Waals surface area contributed by atoms with E-state index in [0.717, 1.165) is 5.56 Å². The van der Waals surface area contributed by atoms with Crippen LogP contribution >= 0.6 is 0 Å². The Morgan fingerprint density at radius 2 is 1.68 bits per heavy atom. The lowest BCUT2D eigenvalue weighted by atomic mass is 10.0. The first kappa shape index (κ1) is 18.7. The second-order valence-corrected chi connectivity index (χ2v) is 6.27. The van der Waals surface area contributed by atoms with Crippen molar-refractivity contribution in [1.29, 1.82) is 0 Å². The summed E-state index contributed by atoms with van der Waals surface area (Å²) in [6.45, 7) is 5.60.